The van der Waals surface area contributed by atoms with Crippen LogP contribution in [-0.2, 0) is 10.2 Å². The number of pyridine rings is 1. The molecule has 0 unspecified atom stereocenters. The van der Waals surface area contributed by atoms with Crippen LogP contribution in [0.15, 0.2) is 36.5 Å². The molecule has 0 N–H and O–H groups in total. The molecule has 0 spiro atoms. The summed E-state index contributed by atoms with van der Waals surface area (Å²) in [5.74, 6) is -1.02. The molecule has 0 aliphatic carbocycles. The van der Waals surface area contributed by atoms with E-state index in [-0.39, 0.29) is 23.5 Å². The maximum absolute atomic E-state index is 14.0. The van der Waals surface area contributed by atoms with Crippen molar-refractivity contribution in [1.29, 1.82) is 0 Å². The highest BCUT2D eigenvalue weighted by Gasteiger charge is 2.15. The topological polar surface area (TPSA) is 48.4 Å². The van der Waals surface area contributed by atoms with E-state index in [9.17, 15) is 9.18 Å². The van der Waals surface area contributed by atoms with E-state index < -0.39 is 11.8 Å². The number of nitrogens with zero attached hydrogens (tertiary/aromatic N) is 1. The van der Waals surface area contributed by atoms with E-state index in [1.165, 1.54) is 6.20 Å². The molecule has 0 fully saturated rings. The number of benzene rings is 1. The Kier molecular flexibility index (Phi) is 4.98. The molecular formula is C18H20FNO3. The average molecular weight is 317 g/mol. The lowest BCUT2D eigenvalue weighted by Crippen LogP contribution is -2.10. The first kappa shape index (κ1) is 16.9. The summed E-state index contributed by atoms with van der Waals surface area (Å²) in [6.07, 6.45) is 1.24. The summed E-state index contributed by atoms with van der Waals surface area (Å²) in [5.41, 5.74) is 1.24. The molecule has 1 heterocycles. The van der Waals surface area contributed by atoms with Crippen LogP contribution in [0.2, 0.25) is 0 Å². The van der Waals surface area contributed by atoms with Gasteiger partial charge in [-0.3, -0.25) is 0 Å². The van der Waals surface area contributed by atoms with Gasteiger partial charge >= 0.3 is 5.97 Å². The van der Waals surface area contributed by atoms with Gasteiger partial charge in [-0.15, -0.1) is 0 Å². The lowest BCUT2D eigenvalue weighted by molar-refractivity contribution is 0.0525. The predicted molar refractivity (Wildman–Crippen MR) is 85.4 cm³/mol. The van der Waals surface area contributed by atoms with Gasteiger partial charge in [-0.1, -0.05) is 32.9 Å². The summed E-state index contributed by atoms with van der Waals surface area (Å²) in [6.45, 7) is 8.23. The molecule has 0 aliphatic heterocycles. The quantitative estimate of drug-likeness (QED) is 0.780. The van der Waals surface area contributed by atoms with Gasteiger partial charge in [0, 0.05) is 6.20 Å². The van der Waals surface area contributed by atoms with Crippen molar-refractivity contribution in [2.45, 2.75) is 33.1 Å². The summed E-state index contributed by atoms with van der Waals surface area (Å²) in [7, 11) is 0. The third-order valence-electron chi connectivity index (χ3n) is 3.25. The van der Waals surface area contributed by atoms with Gasteiger partial charge in [0.2, 0.25) is 0 Å². The first-order valence-corrected chi connectivity index (χ1v) is 7.42. The van der Waals surface area contributed by atoms with Crippen molar-refractivity contribution in [2.75, 3.05) is 6.61 Å². The Bertz CT molecular complexity index is 690. The van der Waals surface area contributed by atoms with Gasteiger partial charge in [0.15, 0.2) is 5.82 Å². The number of hydrogen-bond donors (Lipinski definition) is 0. The number of esters is 1. The molecule has 0 saturated carbocycles. The van der Waals surface area contributed by atoms with Gasteiger partial charge < -0.3 is 9.47 Å². The second-order valence-electron chi connectivity index (χ2n) is 6.11. The van der Waals surface area contributed by atoms with Crippen LogP contribution in [-0.4, -0.2) is 17.6 Å². The second kappa shape index (κ2) is 6.77. The Labute approximate surface area is 135 Å². The largest absolute Gasteiger partial charge is 0.462 e. The number of carbonyl (C=O) groups excluding carboxylic acids is 1. The van der Waals surface area contributed by atoms with E-state index in [0.717, 1.165) is 11.6 Å². The van der Waals surface area contributed by atoms with Crippen LogP contribution in [0.3, 0.4) is 0 Å². The monoisotopic (exact) mass is 317 g/mol. The minimum absolute atomic E-state index is 0.0311. The van der Waals surface area contributed by atoms with Gasteiger partial charge in [-0.2, -0.15) is 0 Å². The Balaban J connectivity index is 2.16. The molecule has 0 atom stereocenters. The molecule has 122 valence electrons. The molecule has 1 aromatic heterocycles. The van der Waals surface area contributed by atoms with Gasteiger partial charge in [0.05, 0.1) is 12.2 Å². The van der Waals surface area contributed by atoms with E-state index in [1.54, 1.807) is 19.1 Å². The fourth-order valence-corrected chi connectivity index (χ4v) is 1.96. The van der Waals surface area contributed by atoms with Crippen molar-refractivity contribution in [3.8, 4) is 11.6 Å². The highest BCUT2D eigenvalue weighted by Crippen LogP contribution is 2.27. The van der Waals surface area contributed by atoms with Crippen molar-refractivity contribution in [3.05, 3.63) is 53.5 Å². The van der Waals surface area contributed by atoms with Crippen molar-refractivity contribution >= 4 is 5.97 Å². The summed E-state index contributed by atoms with van der Waals surface area (Å²) < 4.78 is 24.2. The zero-order valence-electron chi connectivity index (χ0n) is 13.7. The fraction of sp³-hybridized carbons (Fsp3) is 0.333. The van der Waals surface area contributed by atoms with Gasteiger partial charge in [0.25, 0.3) is 5.88 Å². The molecular weight excluding hydrogens is 297 g/mol. The lowest BCUT2D eigenvalue weighted by Gasteiger charge is -2.19. The minimum Gasteiger partial charge on any atom is -0.462 e. The van der Waals surface area contributed by atoms with Gasteiger partial charge in [-0.05, 0) is 36.1 Å². The molecule has 2 aromatic rings. The van der Waals surface area contributed by atoms with Crippen LogP contribution in [0.25, 0.3) is 0 Å². The number of halogens is 1. The van der Waals surface area contributed by atoms with Crippen LogP contribution in [0.5, 0.6) is 11.6 Å². The molecule has 0 aliphatic rings. The normalized spacial score (nSPS) is 11.2. The molecule has 2 rings (SSSR count). The summed E-state index contributed by atoms with van der Waals surface area (Å²) >= 11 is 0. The molecule has 1 aromatic carbocycles. The Morgan fingerprint density at radius 1 is 1.22 bits per heavy atom. The number of carbonyl (C=O) groups is 1. The maximum Gasteiger partial charge on any atom is 0.339 e. The van der Waals surface area contributed by atoms with Crippen molar-refractivity contribution < 1.29 is 18.7 Å². The smallest absolute Gasteiger partial charge is 0.339 e. The fourth-order valence-electron chi connectivity index (χ4n) is 1.96. The van der Waals surface area contributed by atoms with Crippen molar-refractivity contribution in [3.63, 3.8) is 0 Å². The predicted octanol–water partition coefficient (Wildman–Crippen LogP) is 4.49. The zero-order valence-corrected chi connectivity index (χ0v) is 13.7. The molecule has 23 heavy (non-hydrogen) atoms. The zero-order chi connectivity index (χ0) is 17.0. The maximum atomic E-state index is 14.0. The Morgan fingerprint density at radius 2 is 1.87 bits per heavy atom. The molecule has 0 amide bonds. The number of rotatable bonds is 4. The van der Waals surface area contributed by atoms with Crippen LogP contribution in [0.1, 0.15) is 43.6 Å². The summed E-state index contributed by atoms with van der Waals surface area (Å²) in [5, 5.41) is 0. The second-order valence-corrected chi connectivity index (χ2v) is 6.11. The van der Waals surface area contributed by atoms with Gasteiger partial charge in [-0.25, -0.2) is 14.2 Å². The Morgan fingerprint density at radius 3 is 2.39 bits per heavy atom. The van der Waals surface area contributed by atoms with Gasteiger partial charge in [0.1, 0.15) is 5.75 Å². The van der Waals surface area contributed by atoms with Crippen molar-refractivity contribution in [1.82, 2.24) is 4.98 Å². The van der Waals surface area contributed by atoms with Crippen LogP contribution in [0.4, 0.5) is 4.39 Å². The summed E-state index contributed by atoms with van der Waals surface area (Å²) in [4.78, 5) is 15.4. The summed E-state index contributed by atoms with van der Waals surface area (Å²) in [6, 6.07) is 8.45. The first-order chi connectivity index (χ1) is 10.8. The third kappa shape index (κ3) is 4.28. The average Bonchev–Trinajstić information content (AvgIpc) is 2.49. The van der Waals surface area contributed by atoms with E-state index in [2.05, 4.69) is 25.8 Å². The minimum atomic E-state index is -0.713. The van der Waals surface area contributed by atoms with Crippen LogP contribution >= 0.6 is 0 Å². The molecule has 4 nitrogen and oxygen atoms in total. The third-order valence-corrected chi connectivity index (χ3v) is 3.25. The van der Waals surface area contributed by atoms with E-state index in [4.69, 9.17) is 9.47 Å². The van der Waals surface area contributed by atoms with E-state index in [1.807, 2.05) is 12.1 Å². The van der Waals surface area contributed by atoms with E-state index >= 15 is 0 Å². The van der Waals surface area contributed by atoms with Crippen LogP contribution in [0, 0.1) is 5.82 Å². The van der Waals surface area contributed by atoms with Crippen LogP contribution < -0.4 is 4.74 Å². The first-order valence-electron chi connectivity index (χ1n) is 7.42. The van der Waals surface area contributed by atoms with Crippen molar-refractivity contribution in [2.24, 2.45) is 0 Å². The number of aromatic nitrogens is 1. The van der Waals surface area contributed by atoms with E-state index in [0.29, 0.717) is 5.75 Å². The standard InChI is InChI=1S/C18H20FNO3/c1-5-22-17(21)12-10-15(19)16(20-11-12)23-14-8-6-13(7-9-14)18(2,3)4/h6-11H,5H2,1-4H3. The molecule has 5 heteroatoms. The molecule has 0 bridgehead atoms. The lowest BCUT2D eigenvalue weighted by atomic mass is 9.87. The highest BCUT2D eigenvalue weighted by atomic mass is 19.1. The number of hydrogen-bond acceptors (Lipinski definition) is 4. The SMILES string of the molecule is CCOC(=O)c1cnc(Oc2ccc(C(C)(C)C)cc2)c(F)c1. The molecule has 0 radical (unpaired) electrons. The molecule has 0 saturated heterocycles. The highest BCUT2D eigenvalue weighted by molar-refractivity contribution is 5.89. The number of ether oxygens (including phenoxy) is 2. The Hall–Kier alpha value is -2.43.